The van der Waals surface area contributed by atoms with Crippen LogP contribution in [0.3, 0.4) is 0 Å². The standard InChI is InChI=1S/C20H31N3O2/c1-20(2,23-14-7-4-8-15-23)16-22-18(24)12-9-13-21-19(25)17-10-5-3-6-11-17/h3,5-6,10-11H,4,7-9,12-16H2,1-2H3,(H,21,25)(H,22,24). The van der Waals surface area contributed by atoms with Gasteiger partial charge in [0.15, 0.2) is 0 Å². The lowest BCUT2D eigenvalue weighted by Crippen LogP contribution is -2.53. The average molecular weight is 345 g/mol. The van der Waals surface area contributed by atoms with E-state index in [-0.39, 0.29) is 17.4 Å². The van der Waals surface area contributed by atoms with Crippen LogP contribution in [-0.4, -0.2) is 48.4 Å². The molecule has 0 atom stereocenters. The molecule has 1 aliphatic heterocycles. The molecule has 1 aliphatic rings. The minimum Gasteiger partial charge on any atom is -0.354 e. The average Bonchev–Trinajstić information content (AvgIpc) is 2.65. The number of likely N-dealkylation sites (tertiary alicyclic amines) is 1. The number of hydrogen-bond acceptors (Lipinski definition) is 3. The van der Waals surface area contributed by atoms with E-state index in [1.807, 2.05) is 18.2 Å². The summed E-state index contributed by atoms with van der Waals surface area (Å²) in [7, 11) is 0. The fraction of sp³-hybridized carbons (Fsp3) is 0.600. The Bertz CT molecular complexity index is 551. The first-order chi connectivity index (χ1) is 12.0. The van der Waals surface area contributed by atoms with Gasteiger partial charge >= 0.3 is 0 Å². The molecule has 25 heavy (non-hydrogen) atoms. The molecule has 0 radical (unpaired) electrons. The largest absolute Gasteiger partial charge is 0.354 e. The van der Waals surface area contributed by atoms with Crippen LogP contribution in [0.25, 0.3) is 0 Å². The number of nitrogens with zero attached hydrogens (tertiary/aromatic N) is 1. The fourth-order valence-corrected chi connectivity index (χ4v) is 3.16. The second-order valence-electron chi connectivity index (χ2n) is 7.36. The van der Waals surface area contributed by atoms with Crippen molar-refractivity contribution in [3.63, 3.8) is 0 Å². The molecule has 5 nitrogen and oxygen atoms in total. The van der Waals surface area contributed by atoms with E-state index < -0.39 is 0 Å². The van der Waals surface area contributed by atoms with Crippen molar-refractivity contribution in [2.24, 2.45) is 0 Å². The van der Waals surface area contributed by atoms with Crippen LogP contribution < -0.4 is 10.6 Å². The van der Waals surface area contributed by atoms with Gasteiger partial charge in [-0.25, -0.2) is 0 Å². The molecule has 138 valence electrons. The number of nitrogens with one attached hydrogen (secondary N) is 2. The van der Waals surface area contributed by atoms with Crippen LogP contribution in [0.5, 0.6) is 0 Å². The van der Waals surface area contributed by atoms with Crippen LogP contribution in [0.15, 0.2) is 30.3 Å². The number of amides is 2. The molecule has 5 heteroatoms. The zero-order chi connectivity index (χ0) is 18.1. The number of carbonyl (C=O) groups excluding carboxylic acids is 2. The SMILES string of the molecule is CC(C)(CNC(=O)CCCNC(=O)c1ccccc1)N1CCCCC1. The second kappa shape index (κ2) is 9.56. The van der Waals surface area contributed by atoms with Crippen molar-refractivity contribution in [2.45, 2.75) is 51.5 Å². The van der Waals surface area contributed by atoms with Gasteiger partial charge in [0, 0.05) is 30.6 Å². The number of rotatable bonds is 8. The molecule has 1 fully saturated rings. The van der Waals surface area contributed by atoms with Crippen LogP contribution in [0, 0.1) is 0 Å². The molecular formula is C20H31N3O2. The lowest BCUT2D eigenvalue weighted by molar-refractivity contribution is -0.121. The molecule has 2 amide bonds. The maximum absolute atomic E-state index is 12.0. The zero-order valence-electron chi connectivity index (χ0n) is 15.5. The van der Waals surface area contributed by atoms with Gasteiger partial charge < -0.3 is 10.6 Å². The highest BCUT2D eigenvalue weighted by Gasteiger charge is 2.28. The van der Waals surface area contributed by atoms with Crippen molar-refractivity contribution in [2.75, 3.05) is 26.2 Å². The minimum absolute atomic E-state index is 0.00238. The molecule has 2 N–H and O–H groups in total. The molecular weight excluding hydrogens is 314 g/mol. The lowest BCUT2D eigenvalue weighted by Gasteiger charge is -2.41. The van der Waals surface area contributed by atoms with E-state index >= 15 is 0 Å². The summed E-state index contributed by atoms with van der Waals surface area (Å²) in [6.07, 6.45) is 4.89. The summed E-state index contributed by atoms with van der Waals surface area (Å²) in [6, 6.07) is 9.13. The predicted octanol–water partition coefficient (Wildman–Crippen LogP) is 2.58. The quantitative estimate of drug-likeness (QED) is 0.712. The van der Waals surface area contributed by atoms with Crippen LogP contribution in [0.2, 0.25) is 0 Å². The third-order valence-corrected chi connectivity index (χ3v) is 4.83. The Morgan fingerprint density at radius 3 is 2.40 bits per heavy atom. The van der Waals surface area contributed by atoms with E-state index in [2.05, 4.69) is 29.4 Å². The van der Waals surface area contributed by atoms with Gasteiger partial charge in [-0.3, -0.25) is 14.5 Å². The third kappa shape index (κ3) is 6.50. The summed E-state index contributed by atoms with van der Waals surface area (Å²) < 4.78 is 0. The monoisotopic (exact) mass is 345 g/mol. The Morgan fingerprint density at radius 2 is 1.72 bits per heavy atom. The van der Waals surface area contributed by atoms with Crippen molar-refractivity contribution < 1.29 is 9.59 Å². The van der Waals surface area contributed by atoms with E-state index in [4.69, 9.17) is 0 Å². The van der Waals surface area contributed by atoms with E-state index in [1.165, 1.54) is 19.3 Å². The molecule has 0 unspecified atom stereocenters. The highest BCUT2D eigenvalue weighted by Crippen LogP contribution is 2.19. The number of piperidine rings is 1. The summed E-state index contributed by atoms with van der Waals surface area (Å²) in [5.41, 5.74) is 0.646. The first-order valence-electron chi connectivity index (χ1n) is 9.34. The molecule has 1 aromatic rings. The van der Waals surface area contributed by atoms with Crippen molar-refractivity contribution in [1.29, 1.82) is 0 Å². The van der Waals surface area contributed by atoms with Crippen LogP contribution in [-0.2, 0) is 4.79 Å². The molecule has 1 aromatic carbocycles. The summed E-state index contributed by atoms with van der Waals surface area (Å²) in [5, 5.41) is 5.90. The molecule has 0 aliphatic carbocycles. The number of hydrogen-bond donors (Lipinski definition) is 2. The van der Waals surface area contributed by atoms with Gasteiger partial charge in [0.05, 0.1) is 0 Å². The van der Waals surface area contributed by atoms with Crippen LogP contribution in [0.1, 0.15) is 56.3 Å². The first-order valence-corrected chi connectivity index (χ1v) is 9.34. The highest BCUT2D eigenvalue weighted by molar-refractivity contribution is 5.94. The second-order valence-corrected chi connectivity index (χ2v) is 7.36. The number of benzene rings is 1. The van der Waals surface area contributed by atoms with Crippen molar-refractivity contribution >= 4 is 11.8 Å². The topological polar surface area (TPSA) is 61.4 Å². The highest BCUT2D eigenvalue weighted by atomic mass is 16.2. The van der Waals surface area contributed by atoms with Gasteiger partial charge in [-0.1, -0.05) is 24.6 Å². The summed E-state index contributed by atoms with van der Waals surface area (Å²) in [5.74, 6) is -0.0358. The van der Waals surface area contributed by atoms with E-state index in [0.717, 1.165) is 13.1 Å². The predicted molar refractivity (Wildman–Crippen MR) is 101 cm³/mol. The summed E-state index contributed by atoms with van der Waals surface area (Å²) in [6.45, 7) is 7.80. The maximum atomic E-state index is 12.0. The molecule has 0 bridgehead atoms. The van der Waals surface area contributed by atoms with Crippen molar-refractivity contribution in [1.82, 2.24) is 15.5 Å². The summed E-state index contributed by atoms with van der Waals surface area (Å²) >= 11 is 0. The van der Waals surface area contributed by atoms with E-state index in [1.54, 1.807) is 12.1 Å². The van der Waals surface area contributed by atoms with Gasteiger partial charge in [0.1, 0.15) is 0 Å². The van der Waals surface area contributed by atoms with Gasteiger partial charge in [-0.15, -0.1) is 0 Å². The Hall–Kier alpha value is -1.88. The van der Waals surface area contributed by atoms with Crippen LogP contribution >= 0.6 is 0 Å². The molecule has 2 rings (SSSR count). The van der Waals surface area contributed by atoms with E-state index in [9.17, 15) is 9.59 Å². The van der Waals surface area contributed by atoms with E-state index in [0.29, 0.717) is 31.5 Å². The molecule has 0 spiro atoms. The van der Waals surface area contributed by atoms with Gasteiger partial charge in [0.2, 0.25) is 5.91 Å². The molecule has 0 saturated carbocycles. The Balaban J connectivity index is 1.61. The smallest absolute Gasteiger partial charge is 0.251 e. The number of carbonyl (C=O) groups is 2. The van der Waals surface area contributed by atoms with Crippen molar-refractivity contribution in [3.05, 3.63) is 35.9 Å². The zero-order valence-corrected chi connectivity index (χ0v) is 15.5. The molecule has 1 saturated heterocycles. The van der Waals surface area contributed by atoms with Crippen molar-refractivity contribution in [3.8, 4) is 0 Å². The molecule has 0 aromatic heterocycles. The van der Waals surface area contributed by atoms with Gasteiger partial charge in [-0.2, -0.15) is 0 Å². The summed E-state index contributed by atoms with van der Waals surface area (Å²) in [4.78, 5) is 26.4. The van der Waals surface area contributed by atoms with Gasteiger partial charge in [0.25, 0.3) is 5.91 Å². The fourth-order valence-electron chi connectivity index (χ4n) is 3.16. The normalized spacial score (nSPS) is 15.6. The molecule has 1 heterocycles. The Morgan fingerprint density at radius 1 is 1.04 bits per heavy atom. The first kappa shape index (κ1) is 19.4. The van der Waals surface area contributed by atoms with Gasteiger partial charge in [-0.05, 0) is 58.3 Å². The Kier molecular flexibility index (Phi) is 7.44. The lowest BCUT2D eigenvalue weighted by atomic mass is 9.98. The Labute approximate surface area is 151 Å². The third-order valence-electron chi connectivity index (χ3n) is 4.83. The van der Waals surface area contributed by atoms with Crippen LogP contribution in [0.4, 0.5) is 0 Å². The maximum Gasteiger partial charge on any atom is 0.251 e. The minimum atomic E-state index is -0.0905.